The molecule has 0 saturated carbocycles. The number of hydrogen-bond acceptors (Lipinski definition) is 4. The van der Waals surface area contributed by atoms with Gasteiger partial charge in [-0.2, -0.15) is 11.8 Å². The summed E-state index contributed by atoms with van der Waals surface area (Å²) in [7, 11) is 0. The molecular formula is C8H12N2OS. The lowest BCUT2D eigenvalue weighted by atomic mass is 10.1. The molecule has 0 bridgehead atoms. The molecule has 0 spiro atoms. The van der Waals surface area contributed by atoms with Gasteiger partial charge >= 0.3 is 0 Å². The second kappa shape index (κ2) is 3.49. The molecule has 1 aromatic rings. The van der Waals surface area contributed by atoms with Crippen LogP contribution < -0.4 is 5.73 Å². The van der Waals surface area contributed by atoms with Gasteiger partial charge in [0.2, 0.25) is 0 Å². The molecular weight excluding hydrogens is 172 g/mol. The number of fused-ring (bicyclic) bond motifs is 1. The highest BCUT2D eigenvalue weighted by atomic mass is 32.2. The molecule has 0 saturated heterocycles. The summed E-state index contributed by atoms with van der Waals surface area (Å²) in [5.41, 5.74) is 7.92. The van der Waals surface area contributed by atoms with Gasteiger partial charge < -0.3 is 10.3 Å². The van der Waals surface area contributed by atoms with Crippen molar-refractivity contribution in [1.82, 2.24) is 5.16 Å². The first-order chi connectivity index (χ1) is 5.92. The second-order valence-electron chi connectivity index (χ2n) is 2.85. The smallest absolute Gasteiger partial charge is 0.153 e. The molecule has 1 aliphatic rings. The molecule has 4 heteroatoms. The lowest BCUT2D eigenvalue weighted by Crippen LogP contribution is -2.00. The molecule has 66 valence electrons. The van der Waals surface area contributed by atoms with E-state index in [1.165, 1.54) is 11.3 Å². The molecule has 0 unspecified atom stereocenters. The van der Waals surface area contributed by atoms with E-state index in [0.717, 1.165) is 30.0 Å². The maximum absolute atomic E-state index is 5.53. The molecule has 3 nitrogen and oxygen atoms in total. The minimum Gasteiger partial charge on any atom is -0.359 e. The Morgan fingerprint density at radius 3 is 3.08 bits per heavy atom. The van der Waals surface area contributed by atoms with Crippen molar-refractivity contribution >= 4 is 11.8 Å². The fourth-order valence-corrected chi connectivity index (χ4v) is 2.36. The summed E-state index contributed by atoms with van der Waals surface area (Å²) < 4.78 is 5.14. The van der Waals surface area contributed by atoms with Crippen LogP contribution in [-0.2, 0) is 19.4 Å². The van der Waals surface area contributed by atoms with Gasteiger partial charge in [0.1, 0.15) is 0 Å². The number of aryl methyl sites for hydroxylation is 1. The molecule has 2 rings (SSSR count). The van der Waals surface area contributed by atoms with Gasteiger partial charge in [0.15, 0.2) is 5.76 Å². The highest BCUT2D eigenvalue weighted by Crippen LogP contribution is 2.22. The van der Waals surface area contributed by atoms with E-state index in [0.29, 0.717) is 6.54 Å². The van der Waals surface area contributed by atoms with Gasteiger partial charge in [-0.25, -0.2) is 0 Å². The van der Waals surface area contributed by atoms with Gasteiger partial charge in [0.05, 0.1) is 12.2 Å². The fraction of sp³-hybridized carbons (Fsp3) is 0.625. The molecule has 0 radical (unpaired) electrons. The average molecular weight is 184 g/mol. The molecule has 1 aromatic heterocycles. The van der Waals surface area contributed by atoms with E-state index in [-0.39, 0.29) is 0 Å². The number of hydrogen-bond donors (Lipinski definition) is 1. The molecule has 1 aliphatic heterocycles. The topological polar surface area (TPSA) is 52.0 Å². The Kier molecular flexibility index (Phi) is 2.37. The van der Waals surface area contributed by atoms with Gasteiger partial charge in [-0.1, -0.05) is 5.16 Å². The minimum atomic E-state index is 0.479. The number of nitrogens with zero attached hydrogens (tertiary/aromatic N) is 1. The van der Waals surface area contributed by atoms with E-state index in [2.05, 4.69) is 5.16 Å². The van der Waals surface area contributed by atoms with Gasteiger partial charge in [-0.05, 0) is 17.9 Å². The Bertz CT molecular complexity index is 272. The zero-order valence-electron chi connectivity index (χ0n) is 6.88. The maximum Gasteiger partial charge on any atom is 0.153 e. The summed E-state index contributed by atoms with van der Waals surface area (Å²) in [5, 5.41) is 4.02. The Morgan fingerprint density at radius 2 is 2.25 bits per heavy atom. The van der Waals surface area contributed by atoms with Crippen molar-refractivity contribution in [2.45, 2.75) is 19.4 Å². The van der Waals surface area contributed by atoms with Gasteiger partial charge in [-0.3, -0.25) is 0 Å². The largest absolute Gasteiger partial charge is 0.359 e. The van der Waals surface area contributed by atoms with Gasteiger partial charge in [0, 0.05) is 12.0 Å². The van der Waals surface area contributed by atoms with Crippen molar-refractivity contribution in [3.63, 3.8) is 0 Å². The molecule has 2 N–H and O–H groups in total. The highest BCUT2D eigenvalue weighted by Gasteiger charge is 2.16. The van der Waals surface area contributed by atoms with Crippen molar-refractivity contribution in [3.8, 4) is 0 Å². The Morgan fingerprint density at radius 1 is 1.42 bits per heavy atom. The average Bonchev–Trinajstić information content (AvgIpc) is 2.33. The minimum absolute atomic E-state index is 0.479. The summed E-state index contributed by atoms with van der Waals surface area (Å²) in [6, 6.07) is 0. The Balaban J connectivity index is 2.32. The van der Waals surface area contributed by atoms with Crippen molar-refractivity contribution in [2.24, 2.45) is 5.73 Å². The fourth-order valence-electron chi connectivity index (χ4n) is 1.47. The second-order valence-corrected chi connectivity index (χ2v) is 4.07. The maximum atomic E-state index is 5.53. The summed E-state index contributed by atoms with van der Waals surface area (Å²) in [6.07, 6.45) is 2.10. The first-order valence-electron chi connectivity index (χ1n) is 4.16. The van der Waals surface area contributed by atoms with Crippen LogP contribution in [-0.4, -0.2) is 16.7 Å². The highest BCUT2D eigenvalue weighted by molar-refractivity contribution is 7.99. The van der Waals surface area contributed by atoms with Crippen LogP contribution in [0, 0.1) is 0 Å². The van der Waals surface area contributed by atoms with Crippen molar-refractivity contribution in [2.75, 3.05) is 11.5 Å². The summed E-state index contributed by atoms with van der Waals surface area (Å²) in [6.45, 7) is 0.479. The van der Waals surface area contributed by atoms with Crippen LogP contribution in [0.1, 0.15) is 17.0 Å². The Hall–Kier alpha value is -0.480. The lowest BCUT2D eigenvalue weighted by Gasteiger charge is -1.95. The van der Waals surface area contributed by atoms with Gasteiger partial charge in [0.25, 0.3) is 0 Å². The SMILES string of the molecule is NCc1onc2c1CCSCC2. The summed E-state index contributed by atoms with van der Waals surface area (Å²) in [4.78, 5) is 0. The number of thioether (sulfide) groups is 1. The standard InChI is InChI=1S/C8H12N2OS/c9-5-8-6-1-3-12-4-2-7(6)10-11-8/h1-5,9H2. The van der Waals surface area contributed by atoms with Crippen LogP contribution in [0.2, 0.25) is 0 Å². The zero-order valence-corrected chi connectivity index (χ0v) is 7.69. The predicted octanol–water partition coefficient (Wildman–Crippen LogP) is 0.965. The third kappa shape index (κ3) is 1.36. The van der Waals surface area contributed by atoms with Crippen LogP contribution in [0.15, 0.2) is 4.52 Å². The van der Waals surface area contributed by atoms with E-state index in [1.54, 1.807) is 0 Å². The third-order valence-electron chi connectivity index (χ3n) is 2.12. The first kappa shape index (κ1) is 8.13. The van der Waals surface area contributed by atoms with Crippen LogP contribution in [0.3, 0.4) is 0 Å². The number of aromatic nitrogens is 1. The van der Waals surface area contributed by atoms with E-state index >= 15 is 0 Å². The monoisotopic (exact) mass is 184 g/mol. The summed E-state index contributed by atoms with van der Waals surface area (Å²) >= 11 is 1.97. The molecule has 0 fully saturated rings. The zero-order chi connectivity index (χ0) is 8.39. The van der Waals surface area contributed by atoms with E-state index in [4.69, 9.17) is 10.3 Å². The number of nitrogens with two attached hydrogens (primary N) is 1. The van der Waals surface area contributed by atoms with Crippen LogP contribution in [0.25, 0.3) is 0 Å². The van der Waals surface area contributed by atoms with Crippen molar-refractivity contribution in [1.29, 1.82) is 0 Å². The third-order valence-corrected chi connectivity index (χ3v) is 3.10. The molecule has 0 amide bonds. The molecule has 2 heterocycles. The molecule has 0 aromatic carbocycles. The summed E-state index contributed by atoms with van der Waals surface area (Å²) in [5.74, 6) is 3.21. The quantitative estimate of drug-likeness (QED) is 0.706. The lowest BCUT2D eigenvalue weighted by molar-refractivity contribution is 0.378. The van der Waals surface area contributed by atoms with Crippen molar-refractivity contribution < 1.29 is 4.52 Å². The van der Waals surface area contributed by atoms with Gasteiger partial charge in [-0.15, -0.1) is 0 Å². The van der Waals surface area contributed by atoms with E-state index in [9.17, 15) is 0 Å². The van der Waals surface area contributed by atoms with Crippen LogP contribution >= 0.6 is 11.8 Å². The Labute approximate surface area is 75.7 Å². The van der Waals surface area contributed by atoms with E-state index < -0.39 is 0 Å². The predicted molar refractivity (Wildman–Crippen MR) is 49.1 cm³/mol. The normalized spacial score (nSPS) is 17.1. The van der Waals surface area contributed by atoms with E-state index in [1.807, 2.05) is 11.8 Å². The molecule has 0 atom stereocenters. The van der Waals surface area contributed by atoms with Crippen molar-refractivity contribution in [3.05, 3.63) is 17.0 Å². The molecule has 12 heavy (non-hydrogen) atoms. The number of rotatable bonds is 1. The molecule has 0 aliphatic carbocycles. The van der Waals surface area contributed by atoms with Crippen LogP contribution in [0.5, 0.6) is 0 Å². The van der Waals surface area contributed by atoms with Crippen LogP contribution in [0.4, 0.5) is 0 Å². The first-order valence-corrected chi connectivity index (χ1v) is 5.31.